The van der Waals surface area contributed by atoms with Gasteiger partial charge in [-0.15, -0.1) is 11.3 Å². The summed E-state index contributed by atoms with van der Waals surface area (Å²) in [5.74, 6) is 0.284. The van der Waals surface area contributed by atoms with Crippen LogP contribution in [0.15, 0.2) is 6.07 Å². The molecule has 2 amide bonds. The first kappa shape index (κ1) is 18.8. The molecule has 2 unspecified atom stereocenters. The summed E-state index contributed by atoms with van der Waals surface area (Å²) < 4.78 is 1.79. The second kappa shape index (κ2) is 7.75. The average Bonchev–Trinajstić information content (AvgIpc) is 3.17. The molecular weight excluding hydrogens is 350 g/mol. The lowest BCUT2D eigenvalue weighted by Gasteiger charge is -2.34. The summed E-state index contributed by atoms with van der Waals surface area (Å²) in [7, 11) is 3.81. The quantitative estimate of drug-likeness (QED) is 0.828. The summed E-state index contributed by atoms with van der Waals surface area (Å²) >= 11 is 1.40. The number of carbonyl (C=O) groups is 2. The molecule has 0 spiro atoms. The molecule has 0 bridgehead atoms. The first-order chi connectivity index (χ1) is 12.4. The summed E-state index contributed by atoms with van der Waals surface area (Å²) in [4.78, 5) is 28.8. The van der Waals surface area contributed by atoms with Gasteiger partial charge in [0.2, 0.25) is 5.91 Å². The van der Waals surface area contributed by atoms with Gasteiger partial charge in [-0.05, 0) is 52.3 Å². The highest BCUT2D eigenvalue weighted by atomic mass is 32.1. The molecule has 0 aromatic carbocycles. The van der Waals surface area contributed by atoms with Crippen LogP contribution in [0.5, 0.6) is 0 Å². The minimum absolute atomic E-state index is 0.00175. The Morgan fingerprint density at radius 3 is 2.92 bits per heavy atom. The van der Waals surface area contributed by atoms with Gasteiger partial charge in [-0.2, -0.15) is 5.10 Å². The molecule has 2 aromatic rings. The second-order valence-electron chi connectivity index (χ2n) is 7.08. The number of piperidine rings is 1. The Hall–Kier alpha value is -1.93. The molecule has 7 nitrogen and oxygen atoms in total. The molecule has 1 aliphatic rings. The summed E-state index contributed by atoms with van der Waals surface area (Å²) in [5.41, 5.74) is 0.908. The fraction of sp³-hybridized carbons (Fsp3) is 0.611. The molecule has 0 aliphatic carbocycles. The van der Waals surface area contributed by atoms with E-state index in [0.717, 1.165) is 48.4 Å². The van der Waals surface area contributed by atoms with Gasteiger partial charge in [-0.3, -0.25) is 14.3 Å². The molecule has 3 rings (SSSR count). The number of likely N-dealkylation sites (tertiary alicyclic amines) is 1. The van der Waals surface area contributed by atoms with E-state index in [1.807, 2.05) is 32.0 Å². The Bertz CT molecular complexity index is 775. The molecule has 1 aliphatic heterocycles. The number of hydrogen-bond acceptors (Lipinski definition) is 5. The summed E-state index contributed by atoms with van der Waals surface area (Å²) in [6, 6.07) is 1.33. The van der Waals surface area contributed by atoms with Crippen molar-refractivity contribution < 1.29 is 9.59 Å². The van der Waals surface area contributed by atoms with E-state index in [-0.39, 0.29) is 11.8 Å². The lowest BCUT2D eigenvalue weighted by molar-refractivity contribution is -0.134. The lowest BCUT2D eigenvalue weighted by Crippen LogP contribution is -2.50. The predicted molar refractivity (Wildman–Crippen MR) is 103 cm³/mol. The molecule has 1 saturated heterocycles. The summed E-state index contributed by atoms with van der Waals surface area (Å²) in [6.07, 6.45) is 2.15. The second-order valence-corrected chi connectivity index (χ2v) is 8.11. The van der Waals surface area contributed by atoms with Gasteiger partial charge in [0.1, 0.15) is 10.9 Å². The molecule has 2 atom stereocenters. The number of rotatable bonds is 5. The lowest BCUT2D eigenvalue weighted by atomic mass is 9.97. The van der Waals surface area contributed by atoms with E-state index in [1.165, 1.54) is 11.3 Å². The molecule has 142 valence electrons. The summed E-state index contributed by atoms with van der Waals surface area (Å²) in [6.45, 7) is 6.14. The van der Waals surface area contributed by atoms with Crippen molar-refractivity contribution in [2.75, 3.05) is 26.7 Å². The van der Waals surface area contributed by atoms with Crippen LogP contribution >= 0.6 is 11.3 Å². The molecule has 0 saturated carbocycles. The van der Waals surface area contributed by atoms with Crippen LogP contribution in [0.4, 0.5) is 0 Å². The van der Waals surface area contributed by atoms with Gasteiger partial charge in [-0.1, -0.05) is 0 Å². The first-order valence-corrected chi connectivity index (χ1v) is 9.89. The molecule has 8 heteroatoms. The molecule has 26 heavy (non-hydrogen) atoms. The van der Waals surface area contributed by atoms with Gasteiger partial charge in [-0.25, -0.2) is 0 Å². The van der Waals surface area contributed by atoms with E-state index in [0.29, 0.717) is 10.8 Å². The van der Waals surface area contributed by atoms with Crippen molar-refractivity contribution in [3.05, 3.63) is 16.6 Å². The Kier molecular flexibility index (Phi) is 5.62. The monoisotopic (exact) mass is 377 g/mol. The van der Waals surface area contributed by atoms with Crippen LogP contribution in [0, 0.1) is 12.8 Å². The van der Waals surface area contributed by atoms with E-state index >= 15 is 0 Å². The number of fused-ring (bicyclic) bond motifs is 1. The number of nitrogens with zero attached hydrogens (tertiary/aromatic N) is 3. The third-order valence-corrected chi connectivity index (χ3v) is 6.16. The summed E-state index contributed by atoms with van der Waals surface area (Å²) in [5, 5.41) is 11.4. The molecule has 2 aromatic heterocycles. The first-order valence-electron chi connectivity index (χ1n) is 9.08. The van der Waals surface area contributed by atoms with Gasteiger partial charge in [0, 0.05) is 25.5 Å². The maximum Gasteiger partial charge on any atom is 0.262 e. The molecule has 1 fully saturated rings. The Labute approximate surface area is 157 Å². The van der Waals surface area contributed by atoms with Crippen molar-refractivity contribution >= 4 is 33.4 Å². The van der Waals surface area contributed by atoms with Gasteiger partial charge in [0.25, 0.3) is 5.91 Å². The largest absolute Gasteiger partial charge is 0.341 e. The number of aromatic nitrogens is 2. The number of thiophene rings is 1. The van der Waals surface area contributed by atoms with Crippen molar-refractivity contribution in [2.45, 2.75) is 32.7 Å². The molecular formula is C18H27N5O2S. The van der Waals surface area contributed by atoms with E-state index in [4.69, 9.17) is 0 Å². The minimum Gasteiger partial charge on any atom is -0.341 e. The fourth-order valence-electron chi connectivity index (χ4n) is 3.64. The van der Waals surface area contributed by atoms with Crippen LogP contribution in [0.3, 0.4) is 0 Å². The number of nitrogens with one attached hydrogen (secondary N) is 2. The van der Waals surface area contributed by atoms with Gasteiger partial charge in [0.15, 0.2) is 0 Å². The van der Waals surface area contributed by atoms with E-state index in [9.17, 15) is 9.59 Å². The maximum atomic E-state index is 12.7. The van der Waals surface area contributed by atoms with E-state index in [1.54, 1.807) is 11.6 Å². The third-order valence-electron chi connectivity index (χ3n) is 4.96. The minimum atomic E-state index is -0.528. The number of aryl methyl sites for hydroxylation is 2. The van der Waals surface area contributed by atoms with Crippen molar-refractivity contribution in [3.63, 3.8) is 0 Å². The van der Waals surface area contributed by atoms with Crippen LogP contribution in [0.2, 0.25) is 0 Å². The Balaban J connectivity index is 1.64. The van der Waals surface area contributed by atoms with Gasteiger partial charge in [0.05, 0.1) is 10.6 Å². The Morgan fingerprint density at radius 1 is 1.46 bits per heavy atom. The van der Waals surface area contributed by atoms with Crippen LogP contribution in [-0.2, 0) is 11.8 Å². The Morgan fingerprint density at radius 2 is 2.23 bits per heavy atom. The predicted octanol–water partition coefficient (Wildman–Crippen LogP) is 1.52. The van der Waals surface area contributed by atoms with Crippen LogP contribution in [-0.4, -0.2) is 59.2 Å². The van der Waals surface area contributed by atoms with Gasteiger partial charge >= 0.3 is 0 Å². The average molecular weight is 378 g/mol. The van der Waals surface area contributed by atoms with Crippen molar-refractivity contribution in [1.29, 1.82) is 0 Å². The smallest absolute Gasteiger partial charge is 0.262 e. The van der Waals surface area contributed by atoms with Crippen LogP contribution in [0.25, 0.3) is 10.2 Å². The number of carbonyl (C=O) groups excluding carboxylic acids is 2. The number of hydrogen-bond donors (Lipinski definition) is 2. The van der Waals surface area contributed by atoms with Crippen LogP contribution in [0.1, 0.15) is 35.1 Å². The maximum absolute atomic E-state index is 12.7. The topological polar surface area (TPSA) is 79.3 Å². The highest BCUT2D eigenvalue weighted by Crippen LogP contribution is 2.27. The normalized spacial score (nSPS) is 18.9. The zero-order valence-corrected chi connectivity index (χ0v) is 16.7. The molecule has 2 N–H and O–H groups in total. The highest BCUT2D eigenvalue weighted by Gasteiger charge is 2.28. The zero-order chi connectivity index (χ0) is 18.8. The van der Waals surface area contributed by atoms with Crippen molar-refractivity contribution in [1.82, 2.24) is 25.3 Å². The standard InChI is InChI=1S/C18H27N5O2S/c1-11-14-8-15(26-18(14)22(4)21-11)16(24)20-12(2)17(25)23-7-5-6-13(10-23)9-19-3/h8,12-13,19H,5-7,9-10H2,1-4H3,(H,20,24). The number of amides is 2. The molecule has 0 radical (unpaired) electrons. The van der Waals surface area contributed by atoms with Gasteiger partial charge < -0.3 is 15.5 Å². The highest BCUT2D eigenvalue weighted by molar-refractivity contribution is 7.20. The third kappa shape index (κ3) is 3.76. The fourth-order valence-corrected chi connectivity index (χ4v) is 4.67. The zero-order valence-electron chi connectivity index (χ0n) is 15.8. The SMILES string of the molecule is CNCC1CCCN(C(=O)C(C)NC(=O)c2cc3c(C)nn(C)c3s2)C1. The van der Waals surface area contributed by atoms with E-state index in [2.05, 4.69) is 15.7 Å². The van der Waals surface area contributed by atoms with Crippen LogP contribution < -0.4 is 10.6 Å². The molecule has 3 heterocycles. The van der Waals surface area contributed by atoms with Crippen molar-refractivity contribution in [2.24, 2.45) is 13.0 Å². The van der Waals surface area contributed by atoms with E-state index < -0.39 is 6.04 Å². The van der Waals surface area contributed by atoms with Crippen molar-refractivity contribution in [3.8, 4) is 0 Å².